The largest absolute Gasteiger partial charge is 0.325 e. The smallest absolute Gasteiger partial charge is 0.234 e. The zero-order valence-corrected chi connectivity index (χ0v) is 20.8. The van der Waals surface area contributed by atoms with Gasteiger partial charge in [-0.3, -0.25) is 4.79 Å². The number of nitrogens with zero attached hydrogens (tertiary/aromatic N) is 3. The van der Waals surface area contributed by atoms with E-state index in [1.807, 2.05) is 35.8 Å². The lowest BCUT2D eigenvalue weighted by Crippen LogP contribution is -2.15. The molecule has 0 saturated heterocycles. The summed E-state index contributed by atoms with van der Waals surface area (Å²) in [5.74, 6) is 2.75. The van der Waals surface area contributed by atoms with Crippen molar-refractivity contribution in [2.45, 2.75) is 37.1 Å². The zero-order valence-electron chi connectivity index (χ0n) is 17.6. The Labute approximate surface area is 200 Å². The summed E-state index contributed by atoms with van der Waals surface area (Å²) in [6.07, 6.45) is 1.83. The van der Waals surface area contributed by atoms with Crippen LogP contribution in [0.4, 0.5) is 5.69 Å². The first-order chi connectivity index (χ1) is 15.0. The van der Waals surface area contributed by atoms with Gasteiger partial charge in [0.2, 0.25) is 5.91 Å². The molecular formula is C23H25BrN4OS2. The predicted octanol–water partition coefficient (Wildman–Crippen LogP) is 6.01. The third-order valence-electron chi connectivity index (χ3n) is 4.52. The first kappa shape index (κ1) is 23.6. The molecule has 0 radical (unpaired) electrons. The van der Waals surface area contributed by atoms with Crippen molar-refractivity contribution in [3.8, 4) is 0 Å². The van der Waals surface area contributed by atoms with E-state index in [1.165, 1.54) is 22.9 Å². The standard InChI is InChI=1S/C23H25BrN4OS2/c1-4-11-28-21(14-30-13-18-7-5-16(2)6-8-18)26-27-23(28)31-15-22(29)25-20-10-9-19(24)12-17(20)3/h4-10,12H,1,11,13-15H2,2-3H3,(H,25,29). The third-order valence-corrected chi connectivity index (χ3v) is 6.98. The van der Waals surface area contributed by atoms with E-state index < -0.39 is 0 Å². The molecular weight excluding hydrogens is 492 g/mol. The summed E-state index contributed by atoms with van der Waals surface area (Å²) in [5, 5.41) is 12.4. The monoisotopic (exact) mass is 516 g/mol. The molecule has 3 aromatic rings. The molecule has 0 saturated carbocycles. The first-order valence-corrected chi connectivity index (χ1v) is 12.7. The van der Waals surface area contributed by atoms with Crippen molar-refractivity contribution in [1.29, 1.82) is 0 Å². The average Bonchev–Trinajstić information content (AvgIpc) is 3.12. The molecule has 5 nitrogen and oxygen atoms in total. The molecule has 2 aromatic carbocycles. The molecule has 1 heterocycles. The normalized spacial score (nSPS) is 10.8. The molecule has 31 heavy (non-hydrogen) atoms. The van der Waals surface area contributed by atoms with E-state index in [9.17, 15) is 4.79 Å². The van der Waals surface area contributed by atoms with Crippen molar-refractivity contribution in [3.05, 3.63) is 82.1 Å². The highest BCUT2D eigenvalue weighted by Gasteiger charge is 2.14. The van der Waals surface area contributed by atoms with E-state index in [-0.39, 0.29) is 11.7 Å². The van der Waals surface area contributed by atoms with E-state index in [2.05, 4.69) is 69.2 Å². The molecule has 1 aromatic heterocycles. The second-order valence-electron chi connectivity index (χ2n) is 7.07. The molecule has 0 fully saturated rings. The molecule has 162 valence electrons. The summed E-state index contributed by atoms with van der Waals surface area (Å²) in [4.78, 5) is 12.4. The molecule has 8 heteroatoms. The van der Waals surface area contributed by atoms with Gasteiger partial charge in [-0.05, 0) is 43.2 Å². The van der Waals surface area contributed by atoms with Crippen LogP contribution in [0.15, 0.2) is 64.7 Å². The number of carbonyl (C=O) groups is 1. The molecule has 0 atom stereocenters. The number of amides is 1. The van der Waals surface area contributed by atoms with Gasteiger partial charge >= 0.3 is 0 Å². The van der Waals surface area contributed by atoms with Crippen LogP contribution in [0.5, 0.6) is 0 Å². The maximum absolute atomic E-state index is 12.4. The number of hydrogen-bond donors (Lipinski definition) is 1. The van der Waals surface area contributed by atoms with Crippen molar-refractivity contribution >= 4 is 51.0 Å². The van der Waals surface area contributed by atoms with E-state index in [1.54, 1.807) is 11.8 Å². The lowest BCUT2D eigenvalue weighted by atomic mass is 10.2. The van der Waals surface area contributed by atoms with Crippen molar-refractivity contribution < 1.29 is 4.79 Å². The van der Waals surface area contributed by atoms with Crippen LogP contribution in [0.25, 0.3) is 0 Å². The van der Waals surface area contributed by atoms with Crippen LogP contribution in [0, 0.1) is 13.8 Å². The van der Waals surface area contributed by atoms with E-state index in [0.717, 1.165) is 38.2 Å². The quantitative estimate of drug-likeness (QED) is 0.264. The first-order valence-electron chi connectivity index (χ1n) is 9.81. The van der Waals surface area contributed by atoms with Crippen molar-refractivity contribution in [1.82, 2.24) is 14.8 Å². The van der Waals surface area contributed by atoms with Crippen LogP contribution < -0.4 is 5.32 Å². The summed E-state index contributed by atoms with van der Waals surface area (Å²) in [6.45, 7) is 8.52. The van der Waals surface area contributed by atoms with Crippen molar-refractivity contribution in [3.63, 3.8) is 0 Å². The number of anilines is 1. The predicted molar refractivity (Wildman–Crippen MR) is 135 cm³/mol. The lowest BCUT2D eigenvalue weighted by molar-refractivity contribution is -0.113. The molecule has 1 N–H and O–H groups in total. The van der Waals surface area contributed by atoms with Gasteiger partial charge in [-0.2, -0.15) is 0 Å². The number of thioether (sulfide) groups is 2. The number of aryl methyl sites for hydroxylation is 2. The topological polar surface area (TPSA) is 59.8 Å². The third kappa shape index (κ3) is 6.98. The van der Waals surface area contributed by atoms with Crippen LogP contribution >= 0.6 is 39.5 Å². The minimum atomic E-state index is -0.0705. The van der Waals surface area contributed by atoms with Gasteiger partial charge < -0.3 is 9.88 Å². The fraction of sp³-hybridized carbons (Fsp3) is 0.261. The SMILES string of the molecule is C=CCn1c(CSCc2ccc(C)cc2)nnc1SCC(=O)Nc1ccc(Br)cc1C. The summed E-state index contributed by atoms with van der Waals surface area (Å²) >= 11 is 6.62. The van der Waals surface area contributed by atoms with E-state index in [4.69, 9.17) is 0 Å². The molecule has 1 amide bonds. The zero-order chi connectivity index (χ0) is 22.2. The molecule has 0 bridgehead atoms. The molecule has 0 aliphatic heterocycles. The number of benzene rings is 2. The number of carbonyl (C=O) groups excluding carboxylic acids is 1. The number of halogens is 1. The Kier molecular flexibility index (Phi) is 8.80. The Morgan fingerprint density at radius 2 is 1.94 bits per heavy atom. The number of nitrogens with one attached hydrogen (secondary N) is 1. The highest BCUT2D eigenvalue weighted by atomic mass is 79.9. The molecule has 0 aliphatic carbocycles. The molecule has 0 unspecified atom stereocenters. The van der Waals surface area contributed by atoms with Gasteiger partial charge in [-0.25, -0.2) is 0 Å². The van der Waals surface area contributed by atoms with Crippen molar-refractivity contribution in [2.24, 2.45) is 0 Å². The number of allylic oxidation sites excluding steroid dienone is 1. The second kappa shape index (κ2) is 11.5. The average molecular weight is 518 g/mol. The van der Waals surface area contributed by atoms with Crippen LogP contribution in [-0.2, 0) is 22.8 Å². The summed E-state index contributed by atoms with van der Waals surface area (Å²) in [5.41, 5.74) is 4.38. The van der Waals surface area contributed by atoms with Gasteiger partial charge in [-0.1, -0.05) is 63.6 Å². The maximum Gasteiger partial charge on any atom is 0.234 e. The van der Waals surface area contributed by atoms with E-state index in [0.29, 0.717) is 6.54 Å². The van der Waals surface area contributed by atoms with E-state index >= 15 is 0 Å². The Hall–Kier alpha value is -2.03. The van der Waals surface area contributed by atoms with Gasteiger partial charge in [0.05, 0.1) is 11.5 Å². The molecule has 3 rings (SSSR count). The second-order valence-corrected chi connectivity index (χ2v) is 9.92. The molecule has 0 aliphatic rings. The Balaban J connectivity index is 1.56. The lowest BCUT2D eigenvalue weighted by Gasteiger charge is -2.10. The highest BCUT2D eigenvalue weighted by Crippen LogP contribution is 2.24. The van der Waals surface area contributed by atoms with Crippen LogP contribution in [0.3, 0.4) is 0 Å². The molecule has 0 spiro atoms. The summed E-state index contributed by atoms with van der Waals surface area (Å²) in [7, 11) is 0. The summed E-state index contributed by atoms with van der Waals surface area (Å²) < 4.78 is 3.01. The minimum Gasteiger partial charge on any atom is -0.325 e. The summed E-state index contributed by atoms with van der Waals surface area (Å²) in [6, 6.07) is 14.4. The fourth-order valence-corrected chi connectivity index (χ4v) is 5.04. The number of aromatic nitrogens is 3. The highest BCUT2D eigenvalue weighted by molar-refractivity contribution is 9.10. The van der Waals surface area contributed by atoms with Gasteiger partial charge in [0, 0.05) is 22.5 Å². The van der Waals surface area contributed by atoms with Crippen LogP contribution in [-0.4, -0.2) is 26.4 Å². The maximum atomic E-state index is 12.4. The van der Waals surface area contributed by atoms with Gasteiger partial charge in [0.25, 0.3) is 0 Å². The van der Waals surface area contributed by atoms with Crippen LogP contribution in [0.1, 0.15) is 22.5 Å². The Morgan fingerprint density at radius 1 is 1.16 bits per heavy atom. The van der Waals surface area contributed by atoms with Gasteiger partial charge in [-0.15, -0.1) is 28.5 Å². The Bertz CT molecular complexity index is 1050. The van der Waals surface area contributed by atoms with Gasteiger partial charge in [0.15, 0.2) is 5.16 Å². The number of rotatable bonds is 10. The van der Waals surface area contributed by atoms with Crippen molar-refractivity contribution in [2.75, 3.05) is 11.1 Å². The minimum absolute atomic E-state index is 0.0705. The fourth-order valence-electron chi connectivity index (χ4n) is 2.87. The Morgan fingerprint density at radius 3 is 2.65 bits per heavy atom. The van der Waals surface area contributed by atoms with Gasteiger partial charge in [0.1, 0.15) is 5.82 Å². The number of hydrogen-bond acceptors (Lipinski definition) is 5. The van der Waals surface area contributed by atoms with Crippen LogP contribution in [0.2, 0.25) is 0 Å².